The summed E-state index contributed by atoms with van der Waals surface area (Å²) in [5.41, 5.74) is 9.10. The molecule has 1 rings (SSSR count). The quantitative estimate of drug-likeness (QED) is 0.781. The van der Waals surface area contributed by atoms with E-state index in [4.69, 9.17) is 5.73 Å². The molecule has 0 aliphatic rings. The number of aromatic nitrogens is 2. The Kier molecular flexibility index (Phi) is 6.00. The molecule has 0 atom stereocenters. The fourth-order valence-electron chi connectivity index (χ4n) is 2.27. The Bertz CT molecular complexity index is 506. The SMILES string of the molecule is CCc1nn(CCCS(=O)(=O)CC)c(CC)c1CN. The monoisotopic (exact) mass is 287 g/mol. The maximum atomic E-state index is 11.5. The van der Waals surface area contributed by atoms with Crippen LogP contribution >= 0.6 is 0 Å². The van der Waals surface area contributed by atoms with Crippen molar-refractivity contribution in [1.29, 1.82) is 0 Å². The lowest BCUT2D eigenvalue weighted by Gasteiger charge is -2.07. The molecule has 6 heteroatoms. The highest BCUT2D eigenvalue weighted by Gasteiger charge is 2.14. The van der Waals surface area contributed by atoms with Gasteiger partial charge in [-0.1, -0.05) is 20.8 Å². The van der Waals surface area contributed by atoms with Crippen molar-refractivity contribution in [2.75, 3.05) is 11.5 Å². The second-order valence-corrected chi connectivity index (χ2v) is 7.07. The van der Waals surface area contributed by atoms with Crippen LogP contribution in [0.25, 0.3) is 0 Å². The average Bonchev–Trinajstić information content (AvgIpc) is 2.75. The van der Waals surface area contributed by atoms with Crippen LogP contribution in [0.3, 0.4) is 0 Å². The smallest absolute Gasteiger partial charge is 0.150 e. The predicted molar refractivity (Wildman–Crippen MR) is 77.8 cm³/mol. The van der Waals surface area contributed by atoms with Crippen LogP contribution in [0.4, 0.5) is 0 Å². The van der Waals surface area contributed by atoms with E-state index in [9.17, 15) is 8.42 Å². The molecule has 0 saturated heterocycles. The molecule has 0 aliphatic carbocycles. The van der Waals surface area contributed by atoms with E-state index in [2.05, 4.69) is 18.9 Å². The number of hydrogen-bond donors (Lipinski definition) is 1. The van der Waals surface area contributed by atoms with Gasteiger partial charge in [0.15, 0.2) is 0 Å². The summed E-state index contributed by atoms with van der Waals surface area (Å²) >= 11 is 0. The molecule has 1 aromatic rings. The zero-order valence-electron chi connectivity index (χ0n) is 12.1. The van der Waals surface area contributed by atoms with Gasteiger partial charge in [-0.3, -0.25) is 4.68 Å². The third-order valence-corrected chi connectivity index (χ3v) is 5.18. The van der Waals surface area contributed by atoms with Gasteiger partial charge in [-0.2, -0.15) is 5.10 Å². The normalized spacial score (nSPS) is 12.0. The molecule has 0 bridgehead atoms. The van der Waals surface area contributed by atoms with Crippen molar-refractivity contribution in [3.8, 4) is 0 Å². The molecule has 0 aromatic carbocycles. The Labute approximate surface area is 116 Å². The maximum absolute atomic E-state index is 11.5. The Balaban J connectivity index is 2.81. The minimum Gasteiger partial charge on any atom is -0.326 e. The highest BCUT2D eigenvalue weighted by atomic mass is 32.2. The summed E-state index contributed by atoms with van der Waals surface area (Å²) in [6.45, 7) is 6.97. The lowest BCUT2D eigenvalue weighted by molar-refractivity contribution is 0.557. The molecule has 19 heavy (non-hydrogen) atoms. The van der Waals surface area contributed by atoms with Gasteiger partial charge in [0, 0.05) is 30.1 Å². The zero-order chi connectivity index (χ0) is 14.5. The van der Waals surface area contributed by atoms with E-state index in [1.54, 1.807) is 6.92 Å². The van der Waals surface area contributed by atoms with Gasteiger partial charge in [-0.05, 0) is 19.3 Å². The molecule has 0 aliphatic heterocycles. The van der Waals surface area contributed by atoms with Crippen molar-refractivity contribution in [2.24, 2.45) is 5.73 Å². The van der Waals surface area contributed by atoms with E-state index >= 15 is 0 Å². The molecule has 0 amide bonds. The van der Waals surface area contributed by atoms with Crippen molar-refractivity contribution in [1.82, 2.24) is 9.78 Å². The van der Waals surface area contributed by atoms with E-state index in [0.717, 1.165) is 29.8 Å². The Morgan fingerprint density at radius 2 is 1.89 bits per heavy atom. The first-order valence-electron chi connectivity index (χ1n) is 6.96. The average molecular weight is 287 g/mol. The molecule has 1 aromatic heterocycles. The lowest BCUT2D eigenvalue weighted by atomic mass is 10.1. The molecule has 110 valence electrons. The predicted octanol–water partition coefficient (Wildman–Crippen LogP) is 1.29. The zero-order valence-corrected chi connectivity index (χ0v) is 13.0. The van der Waals surface area contributed by atoms with Gasteiger partial charge in [0.25, 0.3) is 0 Å². The van der Waals surface area contributed by atoms with Crippen molar-refractivity contribution in [2.45, 2.75) is 53.1 Å². The highest BCUT2D eigenvalue weighted by Crippen LogP contribution is 2.16. The third-order valence-electron chi connectivity index (χ3n) is 3.39. The topological polar surface area (TPSA) is 78.0 Å². The maximum Gasteiger partial charge on any atom is 0.150 e. The van der Waals surface area contributed by atoms with E-state index in [-0.39, 0.29) is 11.5 Å². The summed E-state index contributed by atoms with van der Waals surface area (Å²) in [6, 6.07) is 0. The van der Waals surface area contributed by atoms with Gasteiger partial charge < -0.3 is 5.73 Å². The molecule has 2 N–H and O–H groups in total. The molecule has 0 fully saturated rings. The first-order chi connectivity index (χ1) is 8.99. The summed E-state index contributed by atoms with van der Waals surface area (Å²) in [6.07, 6.45) is 2.35. The molecule has 0 radical (unpaired) electrons. The molecular formula is C13H25N3O2S. The van der Waals surface area contributed by atoms with Gasteiger partial charge in [-0.15, -0.1) is 0 Å². The van der Waals surface area contributed by atoms with Crippen molar-refractivity contribution in [3.63, 3.8) is 0 Å². The second kappa shape index (κ2) is 7.05. The van der Waals surface area contributed by atoms with E-state index < -0.39 is 9.84 Å². The molecular weight excluding hydrogens is 262 g/mol. The summed E-state index contributed by atoms with van der Waals surface area (Å²) in [5, 5.41) is 4.56. The van der Waals surface area contributed by atoms with Gasteiger partial charge in [0.2, 0.25) is 0 Å². The standard InChI is InChI=1S/C13H25N3O2S/c1-4-12-11(10-14)13(5-2)16(15-12)8-7-9-19(17,18)6-3/h4-10,14H2,1-3H3. The number of aryl methyl sites for hydroxylation is 2. The largest absolute Gasteiger partial charge is 0.326 e. The Morgan fingerprint density at radius 1 is 1.21 bits per heavy atom. The van der Waals surface area contributed by atoms with Crippen molar-refractivity contribution >= 4 is 9.84 Å². The molecule has 0 unspecified atom stereocenters. The number of rotatable bonds is 8. The molecule has 5 nitrogen and oxygen atoms in total. The van der Waals surface area contributed by atoms with Crippen LogP contribution < -0.4 is 5.73 Å². The van der Waals surface area contributed by atoms with E-state index in [1.807, 2.05) is 4.68 Å². The summed E-state index contributed by atoms with van der Waals surface area (Å²) in [5.74, 6) is 0.437. The van der Waals surface area contributed by atoms with Gasteiger partial charge >= 0.3 is 0 Å². The van der Waals surface area contributed by atoms with E-state index in [0.29, 0.717) is 19.5 Å². The minimum absolute atomic E-state index is 0.209. The molecule has 1 heterocycles. The summed E-state index contributed by atoms with van der Waals surface area (Å²) in [4.78, 5) is 0. The van der Waals surface area contributed by atoms with Crippen molar-refractivity contribution < 1.29 is 8.42 Å². The van der Waals surface area contributed by atoms with Gasteiger partial charge in [0.1, 0.15) is 9.84 Å². The minimum atomic E-state index is -2.89. The summed E-state index contributed by atoms with van der Waals surface area (Å²) in [7, 11) is -2.89. The highest BCUT2D eigenvalue weighted by molar-refractivity contribution is 7.91. The fourth-order valence-corrected chi connectivity index (χ4v) is 3.13. The first-order valence-corrected chi connectivity index (χ1v) is 8.79. The molecule has 0 saturated carbocycles. The fraction of sp³-hybridized carbons (Fsp3) is 0.769. The van der Waals surface area contributed by atoms with E-state index in [1.165, 1.54) is 0 Å². The first kappa shape index (κ1) is 16.2. The van der Waals surface area contributed by atoms with Gasteiger partial charge in [0.05, 0.1) is 11.4 Å². The Morgan fingerprint density at radius 3 is 2.37 bits per heavy atom. The molecule has 0 spiro atoms. The second-order valence-electron chi connectivity index (χ2n) is 4.60. The number of nitrogens with two attached hydrogens (primary N) is 1. The van der Waals surface area contributed by atoms with Crippen LogP contribution in [0.5, 0.6) is 0 Å². The van der Waals surface area contributed by atoms with Crippen LogP contribution in [0.1, 0.15) is 44.1 Å². The van der Waals surface area contributed by atoms with Crippen LogP contribution in [-0.4, -0.2) is 29.7 Å². The van der Waals surface area contributed by atoms with Crippen LogP contribution in [0.15, 0.2) is 0 Å². The number of nitrogens with zero attached hydrogens (tertiary/aromatic N) is 2. The number of sulfone groups is 1. The van der Waals surface area contributed by atoms with Gasteiger partial charge in [-0.25, -0.2) is 8.42 Å². The summed E-state index contributed by atoms with van der Waals surface area (Å²) < 4.78 is 24.9. The third kappa shape index (κ3) is 4.04. The van der Waals surface area contributed by atoms with Crippen LogP contribution in [0, 0.1) is 0 Å². The van der Waals surface area contributed by atoms with Crippen LogP contribution in [0.2, 0.25) is 0 Å². The number of hydrogen-bond acceptors (Lipinski definition) is 4. The van der Waals surface area contributed by atoms with Crippen LogP contribution in [-0.2, 0) is 35.8 Å². The Hall–Kier alpha value is -0.880. The van der Waals surface area contributed by atoms with Crippen molar-refractivity contribution in [3.05, 3.63) is 17.0 Å². The lowest BCUT2D eigenvalue weighted by Crippen LogP contribution is -2.13.